The van der Waals surface area contributed by atoms with Crippen molar-refractivity contribution in [2.24, 2.45) is 17.8 Å². The lowest BCUT2D eigenvalue weighted by Gasteiger charge is -2.27. The number of carbonyl (C=O) groups is 2. The van der Waals surface area contributed by atoms with Gasteiger partial charge in [-0.15, -0.1) is 0 Å². The van der Waals surface area contributed by atoms with Crippen LogP contribution < -0.4 is 20.8 Å². The summed E-state index contributed by atoms with van der Waals surface area (Å²) in [6.07, 6.45) is 8.62. The van der Waals surface area contributed by atoms with Crippen molar-refractivity contribution in [3.8, 4) is 5.75 Å². The van der Waals surface area contributed by atoms with E-state index >= 15 is 0 Å². The van der Waals surface area contributed by atoms with Gasteiger partial charge in [0.25, 0.3) is 5.91 Å². The Morgan fingerprint density at radius 1 is 1.16 bits per heavy atom. The zero-order valence-electron chi connectivity index (χ0n) is 18.3. The summed E-state index contributed by atoms with van der Waals surface area (Å²) in [5.74, 6) is 1.23. The Balaban J connectivity index is 1.46. The van der Waals surface area contributed by atoms with E-state index in [1.807, 2.05) is 37.3 Å². The molecule has 0 saturated heterocycles. The molecule has 168 valence electrons. The van der Waals surface area contributed by atoms with Gasteiger partial charge in [0.1, 0.15) is 5.69 Å². The Kier molecular flexibility index (Phi) is 6.44. The van der Waals surface area contributed by atoms with Gasteiger partial charge in [0, 0.05) is 18.7 Å². The first kappa shape index (κ1) is 21.9. The third-order valence-corrected chi connectivity index (χ3v) is 6.54. The van der Waals surface area contributed by atoms with Crippen molar-refractivity contribution in [2.45, 2.75) is 38.3 Å². The van der Waals surface area contributed by atoms with Gasteiger partial charge >= 0.3 is 0 Å². The number of benzene rings is 1. The van der Waals surface area contributed by atoms with E-state index in [-0.39, 0.29) is 28.8 Å². The second kappa shape index (κ2) is 9.42. The van der Waals surface area contributed by atoms with Crippen molar-refractivity contribution in [1.82, 2.24) is 15.6 Å². The summed E-state index contributed by atoms with van der Waals surface area (Å²) in [5.41, 5.74) is 0.616. The Hall–Kier alpha value is -3.35. The number of carbonyl (C=O) groups excluding carboxylic acids is 2. The molecule has 0 aliphatic heterocycles. The zero-order valence-corrected chi connectivity index (χ0v) is 18.3. The van der Waals surface area contributed by atoms with Crippen LogP contribution in [0.1, 0.15) is 48.3 Å². The van der Waals surface area contributed by atoms with Crippen molar-refractivity contribution in [1.29, 1.82) is 0 Å². The Morgan fingerprint density at radius 2 is 1.94 bits per heavy atom. The Labute approximate surface area is 187 Å². The number of rotatable bonds is 8. The van der Waals surface area contributed by atoms with E-state index in [9.17, 15) is 14.4 Å². The minimum absolute atomic E-state index is 0.00326. The standard InChI is InChI=1S/C25H29N3O4/c1-15(27-23(30)12-19-11-16-8-9-18(19)10-16)24(17-6-4-3-5-7-17)28-25(31)20-13-21(29)22(32-2)14-26-20/h3-9,13-16,18-19,24H,10-12H2,1-2H3,(H,26,29)(H,27,30)(H,28,31). The minimum Gasteiger partial charge on any atom is -0.491 e. The third kappa shape index (κ3) is 4.77. The van der Waals surface area contributed by atoms with Crippen molar-refractivity contribution < 1.29 is 14.3 Å². The molecule has 5 unspecified atom stereocenters. The number of allylic oxidation sites excluding steroid dienone is 2. The molecular formula is C25H29N3O4. The van der Waals surface area contributed by atoms with Crippen molar-refractivity contribution in [2.75, 3.05) is 7.11 Å². The van der Waals surface area contributed by atoms with E-state index in [0.717, 1.165) is 18.4 Å². The fraction of sp³-hybridized carbons (Fsp3) is 0.400. The molecule has 1 saturated carbocycles. The van der Waals surface area contributed by atoms with Gasteiger partial charge in [-0.05, 0) is 43.1 Å². The maximum absolute atomic E-state index is 12.9. The van der Waals surface area contributed by atoms with Gasteiger partial charge in [-0.1, -0.05) is 42.5 Å². The molecule has 2 aromatic rings. The molecule has 2 aliphatic rings. The van der Waals surface area contributed by atoms with Crippen LogP contribution in [0, 0.1) is 17.8 Å². The number of aromatic amines is 1. The van der Waals surface area contributed by atoms with E-state index in [0.29, 0.717) is 24.2 Å². The lowest BCUT2D eigenvalue weighted by Crippen LogP contribution is -2.45. The summed E-state index contributed by atoms with van der Waals surface area (Å²) < 4.78 is 4.96. The van der Waals surface area contributed by atoms with Crippen LogP contribution in [0.3, 0.4) is 0 Å². The molecule has 1 heterocycles. The monoisotopic (exact) mass is 435 g/mol. The highest BCUT2D eigenvalue weighted by Crippen LogP contribution is 2.44. The lowest BCUT2D eigenvalue weighted by atomic mass is 9.90. The summed E-state index contributed by atoms with van der Waals surface area (Å²) in [6, 6.07) is 9.90. The van der Waals surface area contributed by atoms with Gasteiger partial charge in [0.05, 0.1) is 19.2 Å². The van der Waals surface area contributed by atoms with Crippen LogP contribution in [0.25, 0.3) is 0 Å². The molecule has 32 heavy (non-hydrogen) atoms. The summed E-state index contributed by atoms with van der Waals surface area (Å²) in [7, 11) is 1.40. The highest BCUT2D eigenvalue weighted by atomic mass is 16.5. The van der Waals surface area contributed by atoms with E-state index in [1.165, 1.54) is 19.4 Å². The van der Waals surface area contributed by atoms with Gasteiger partial charge in [-0.2, -0.15) is 0 Å². The van der Waals surface area contributed by atoms with Crippen molar-refractivity contribution >= 4 is 11.8 Å². The normalized spacial score (nSPS) is 22.9. The summed E-state index contributed by atoms with van der Waals surface area (Å²) in [5, 5.41) is 6.05. The minimum atomic E-state index is -0.460. The van der Waals surface area contributed by atoms with Crippen LogP contribution in [-0.4, -0.2) is 29.9 Å². The quantitative estimate of drug-likeness (QED) is 0.555. The first-order valence-electron chi connectivity index (χ1n) is 11.0. The number of fused-ring (bicyclic) bond motifs is 2. The smallest absolute Gasteiger partial charge is 0.268 e. The van der Waals surface area contributed by atoms with E-state index in [1.54, 1.807) is 0 Å². The molecule has 2 aliphatic carbocycles. The SMILES string of the molecule is COc1c[nH]c(C(=O)NC(c2ccccc2)C(C)NC(=O)CC2CC3C=CC2C3)cc1=O. The van der Waals surface area contributed by atoms with Crippen LogP contribution in [0.4, 0.5) is 0 Å². The molecule has 3 N–H and O–H groups in total. The molecule has 2 amide bonds. The molecule has 5 atom stereocenters. The predicted molar refractivity (Wildman–Crippen MR) is 121 cm³/mol. The Morgan fingerprint density at radius 3 is 2.56 bits per heavy atom. The fourth-order valence-electron chi connectivity index (χ4n) is 4.89. The highest BCUT2D eigenvalue weighted by molar-refractivity contribution is 5.92. The molecule has 7 heteroatoms. The van der Waals surface area contributed by atoms with Crippen molar-refractivity contribution in [3.63, 3.8) is 0 Å². The molecule has 2 bridgehead atoms. The largest absolute Gasteiger partial charge is 0.491 e. The molecule has 7 nitrogen and oxygen atoms in total. The first-order valence-corrected chi connectivity index (χ1v) is 11.0. The third-order valence-electron chi connectivity index (χ3n) is 6.54. The molecule has 0 spiro atoms. The second-order valence-electron chi connectivity index (χ2n) is 8.74. The first-order chi connectivity index (χ1) is 15.4. The van der Waals surface area contributed by atoms with Crippen LogP contribution in [0.2, 0.25) is 0 Å². The molecule has 1 aromatic carbocycles. The van der Waals surface area contributed by atoms with Gasteiger partial charge in [0.15, 0.2) is 5.75 Å². The number of ether oxygens (including phenoxy) is 1. The molecule has 0 radical (unpaired) electrons. The average molecular weight is 436 g/mol. The number of pyridine rings is 1. The van der Waals surface area contributed by atoms with Gasteiger partial charge in [-0.25, -0.2) is 0 Å². The van der Waals surface area contributed by atoms with Gasteiger partial charge < -0.3 is 20.4 Å². The molecule has 1 aromatic heterocycles. The zero-order chi connectivity index (χ0) is 22.7. The van der Waals surface area contributed by atoms with Crippen molar-refractivity contribution in [3.05, 3.63) is 76.2 Å². The summed E-state index contributed by atoms with van der Waals surface area (Å²) >= 11 is 0. The summed E-state index contributed by atoms with van der Waals surface area (Å²) in [4.78, 5) is 40.5. The molecule has 1 fully saturated rings. The fourth-order valence-corrected chi connectivity index (χ4v) is 4.89. The predicted octanol–water partition coefficient (Wildman–Crippen LogP) is 2.96. The number of amides is 2. The van der Waals surface area contributed by atoms with Gasteiger partial charge in [-0.3, -0.25) is 14.4 Å². The number of nitrogens with one attached hydrogen (secondary N) is 3. The average Bonchev–Trinajstić information content (AvgIpc) is 3.41. The van der Waals surface area contributed by atoms with Crippen LogP contribution in [-0.2, 0) is 4.79 Å². The lowest BCUT2D eigenvalue weighted by molar-refractivity contribution is -0.123. The maximum atomic E-state index is 12.9. The number of methoxy groups -OCH3 is 1. The van der Waals surface area contributed by atoms with E-state index < -0.39 is 11.9 Å². The number of hydrogen-bond acceptors (Lipinski definition) is 4. The topological polar surface area (TPSA) is 100 Å². The highest BCUT2D eigenvalue weighted by Gasteiger charge is 2.37. The van der Waals surface area contributed by atoms with Gasteiger partial charge in [0.2, 0.25) is 11.3 Å². The summed E-state index contributed by atoms with van der Waals surface area (Å²) in [6.45, 7) is 1.88. The number of H-pyrrole nitrogens is 1. The van der Waals surface area contributed by atoms with E-state index in [2.05, 4.69) is 27.8 Å². The molecular weight excluding hydrogens is 406 g/mol. The molecule has 4 rings (SSSR count). The maximum Gasteiger partial charge on any atom is 0.268 e. The van der Waals surface area contributed by atoms with Crippen LogP contribution >= 0.6 is 0 Å². The second-order valence-corrected chi connectivity index (χ2v) is 8.74. The van der Waals surface area contributed by atoms with E-state index in [4.69, 9.17) is 4.74 Å². The Bertz CT molecular complexity index is 1060. The number of aromatic nitrogens is 1. The number of hydrogen-bond donors (Lipinski definition) is 3. The van der Waals surface area contributed by atoms with Crippen LogP contribution in [0.15, 0.2) is 59.5 Å². The van der Waals surface area contributed by atoms with Crippen LogP contribution in [0.5, 0.6) is 5.75 Å².